The number of hydrogen-bond acceptors (Lipinski definition) is 4. The maximum Gasteiger partial charge on any atom is 0.341 e. The molecule has 1 aliphatic carbocycles. The fourth-order valence-electron chi connectivity index (χ4n) is 3.21. The second kappa shape index (κ2) is 9.00. The van der Waals surface area contributed by atoms with E-state index < -0.39 is 0 Å². The van der Waals surface area contributed by atoms with Crippen molar-refractivity contribution >= 4 is 34.3 Å². The highest BCUT2D eigenvalue weighted by Gasteiger charge is 2.28. The summed E-state index contributed by atoms with van der Waals surface area (Å²) in [4.78, 5) is 26.2. The third-order valence-corrected chi connectivity index (χ3v) is 5.79. The summed E-state index contributed by atoms with van der Waals surface area (Å²) in [5.41, 5.74) is 2.56. The van der Waals surface area contributed by atoms with Gasteiger partial charge in [0.15, 0.2) is 0 Å². The normalized spacial score (nSPS) is 16.1. The molecule has 1 aromatic heterocycles. The van der Waals surface area contributed by atoms with Gasteiger partial charge in [-0.15, -0.1) is 11.3 Å². The van der Waals surface area contributed by atoms with Gasteiger partial charge in [0, 0.05) is 11.0 Å². The number of fused-ring (bicyclic) bond motifs is 1. The Morgan fingerprint density at radius 1 is 1.30 bits per heavy atom. The number of nitrogens with one attached hydrogen (secondary N) is 1. The molecule has 0 fully saturated rings. The van der Waals surface area contributed by atoms with Gasteiger partial charge in [-0.05, 0) is 48.8 Å². The predicted molar refractivity (Wildman–Crippen MR) is 110 cm³/mol. The lowest BCUT2D eigenvalue weighted by atomic mass is 9.88. The smallest absolute Gasteiger partial charge is 0.341 e. The van der Waals surface area contributed by atoms with Crippen molar-refractivity contribution in [2.75, 3.05) is 11.9 Å². The molecule has 1 amide bonds. The third kappa shape index (κ3) is 4.86. The second-order valence-electron chi connectivity index (χ2n) is 6.93. The van der Waals surface area contributed by atoms with Crippen molar-refractivity contribution < 1.29 is 14.3 Å². The molecule has 1 heterocycles. The van der Waals surface area contributed by atoms with Crippen molar-refractivity contribution in [3.05, 3.63) is 58.0 Å². The number of rotatable bonds is 6. The summed E-state index contributed by atoms with van der Waals surface area (Å²) >= 11 is 1.51. The quantitative estimate of drug-likeness (QED) is 0.558. The molecule has 0 spiro atoms. The van der Waals surface area contributed by atoms with Gasteiger partial charge in [-0.2, -0.15) is 0 Å². The fourth-order valence-corrected chi connectivity index (χ4v) is 4.61. The number of carbonyl (C=O) groups excluding carboxylic acids is 2. The fraction of sp³-hybridized carbons (Fsp3) is 0.364. The number of ether oxygens (including phenoxy) is 1. The van der Waals surface area contributed by atoms with E-state index in [1.807, 2.05) is 37.3 Å². The maximum atomic E-state index is 12.6. The van der Waals surface area contributed by atoms with Crippen molar-refractivity contribution in [3.8, 4) is 0 Å². The number of esters is 1. The molecule has 4 nitrogen and oxygen atoms in total. The Morgan fingerprint density at radius 2 is 2.07 bits per heavy atom. The lowest BCUT2D eigenvalue weighted by molar-refractivity contribution is -0.111. The average molecular weight is 384 g/mol. The van der Waals surface area contributed by atoms with Crippen LogP contribution < -0.4 is 5.32 Å². The molecule has 1 aromatic carbocycles. The van der Waals surface area contributed by atoms with E-state index in [4.69, 9.17) is 4.74 Å². The summed E-state index contributed by atoms with van der Waals surface area (Å²) in [6.07, 6.45) is 6.90. The van der Waals surface area contributed by atoms with E-state index in [0.29, 0.717) is 23.1 Å². The van der Waals surface area contributed by atoms with Crippen LogP contribution in [0, 0.1) is 5.92 Å². The molecule has 1 aliphatic rings. The summed E-state index contributed by atoms with van der Waals surface area (Å²) in [6, 6.07) is 9.65. The van der Waals surface area contributed by atoms with Crippen LogP contribution in [0.3, 0.4) is 0 Å². The van der Waals surface area contributed by atoms with Gasteiger partial charge in [-0.1, -0.05) is 44.2 Å². The molecule has 142 valence electrons. The molecular weight excluding hydrogens is 358 g/mol. The minimum Gasteiger partial charge on any atom is -0.462 e. The van der Waals surface area contributed by atoms with E-state index in [0.717, 1.165) is 36.8 Å². The zero-order chi connectivity index (χ0) is 19.2. The SMILES string of the molecule is CCCOC(=O)c1c(NC(=O)/C=C/c2ccccc2)sc2c1CC[C@H](C)C2. The Kier molecular flexibility index (Phi) is 6.45. The van der Waals surface area contributed by atoms with Gasteiger partial charge >= 0.3 is 5.97 Å². The van der Waals surface area contributed by atoms with Crippen molar-refractivity contribution in [2.24, 2.45) is 5.92 Å². The minimum absolute atomic E-state index is 0.241. The van der Waals surface area contributed by atoms with Gasteiger partial charge in [-0.3, -0.25) is 4.79 Å². The summed E-state index contributed by atoms with van der Waals surface area (Å²) in [5.74, 6) is 0.0264. The Morgan fingerprint density at radius 3 is 2.81 bits per heavy atom. The predicted octanol–water partition coefficient (Wildman–Crippen LogP) is 5.09. The van der Waals surface area contributed by atoms with E-state index in [1.54, 1.807) is 6.08 Å². The number of anilines is 1. The third-order valence-electron chi connectivity index (χ3n) is 4.62. The molecular formula is C22H25NO3S. The first-order valence-electron chi connectivity index (χ1n) is 9.44. The Bertz CT molecular complexity index is 839. The lowest BCUT2D eigenvalue weighted by Crippen LogP contribution is -2.16. The van der Waals surface area contributed by atoms with Gasteiger partial charge in [0.05, 0.1) is 12.2 Å². The summed E-state index contributed by atoms with van der Waals surface area (Å²) in [7, 11) is 0. The highest BCUT2D eigenvalue weighted by Crippen LogP contribution is 2.40. The zero-order valence-corrected chi connectivity index (χ0v) is 16.6. The van der Waals surface area contributed by atoms with E-state index in [9.17, 15) is 9.59 Å². The largest absolute Gasteiger partial charge is 0.462 e. The van der Waals surface area contributed by atoms with Crippen molar-refractivity contribution in [2.45, 2.75) is 39.5 Å². The summed E-state index contributed by atoms with van der Waals surface area (Å²) in [5, 5.41) is 3.51. The van der Waals surface area contributed by atoms with Gasteiger partial charge in [0.25, 0.3) is 0 Å². The van der Waals surface area contributed by atoms with E-state index in [-0.39, 0.29) is 11.9 Å². The van der Waals surface area contributed by atoms with Gasteiger partial charge in [0.2, 0.25) is 5.91 Å². The van der Waals surface area contributed by atoms with Crippen LogP contribution in [-0.4, -0.2) is 18.5 Å². The van der Waals surface area contributed by atoms with Gasteiger partial charge in [0.1, 0.15) is 5.00 Å². The average Bonchev–Trinajstić information content (AvgIpc) is 3.02. The highest BCUT2D eigenvalue weighted by atomic mass is 32.1. The molecule has 0 saturated carbocycles. The monoisotopic (exact) mass is 383 g/mol. The van der Waals surface area contributed by atoms with Crippen LogP contribution in [0.2, 0.25) is 0 Å². The lowest BCUT2D eigenvalue weighted by Gasteiger charge is -2.18. The Labute approximate surface area is 164 Å². The number of thiophene rings is 1. The summed E-state index contributed by atoms with van der Waals surface area (Å²) < 4.78 is 5.38. The standard InChI is InChI=1S/C22H25NO3S/c1-3-13-26-22(25)20-17-11-9-15(2)14-18(17)27-21(20)23-19(24)12-10-16-7-5-4-6-8-16/h4-8,10,12,15H,3,9,11,13-14H2,1-2H3,(H,23,24)/b12-10+/t15-/m0/s1. The van der Waals surface area contributed by atoms with Crippen LogP contribution in [0.25, 0.3) is 6.08 Å². The molecule has 27 heavy (non-hydrogen) atoms. The molecule has 3 rings (SSSR count). The van der Waals surface area contributed by atoms with Crippen LogP contribution in [0.4, 0.5) is 5.00 Å². The molecule has 0 bridgehead atoms. The van der Waals surface area contributed by atoms with Gasteiger partial charge in [-0.25, -0.2) is 4.79 Å². The van der Waals surface area contributed by atoms with E-state index >= 15 is 0 Å². The Hall–Kier alpha value is -2.40. The van der Waals surface area contributed by atoms with Gasteiger partial charge < -0.3 is 10.1 Å². The van der Waals surface area contributed by atoms with Crippen molar-refractivity contribution in [3.63, 3.8) is 0 Å². The molecule has 1 N–H and O–H groups in total. The maximum absolute atomic E-state index is 12.6. The summed E-state index contributed by atoms with van der Waals surface area (Å²) in [6.45, 7) is 4.58. The van der Waals surface area contributed by atoms with Crippen LogP contribution in [-0.2, 0) is 22.4 Å². The zero-order valence-electron chi connectivity index (χ0n) is 15.8. The Balaban J connectivity index is 1.82. The van der Waals surface area contributed by atoms with Crippen LogP contribution >= 0.6 is 11.3 Å². The first-order valence-corrected chi connectivity index (χ1v) is 10.3. The van der Waals surface area contributed by atoms with Crippen molar-refractivity contribution in [1.29, 1.82) is 0 Å². The first-order chi connectivity index (χ1) is 13.1. The first kappa shape index (κ1) is 19.4. The molecule has 1 atom stereocenters. The van der Waals surface area contributed by atoms with Crippen LogP contribution in [0.1, 0.15) is 53.1 Å². The van der Waals surface area contributed by atoms with E-state index in [2.05, 4.69) is 12.2 Å². The molecule has 0 unspecified atom stereocenters. The van der Waals surface area contributed by atoms with Crippen LogP contribution in [0.5, 0.6) is 0 Å². The van der Waals surface area contributed by atoms with Crippen molar-refractivity contribution in [1.82, 2.24) is 0 Å². The second-order valence-corrected chi connectivity index (χ2v) is 8.03. The van der Waals surface area contributed by atoms with E-state index in [1.165, 1.54) is 22.3 Å². The number of hydrogen-bond donors (Lipinski definition) is 1. The number of benzene rings is 1. The number of carbonyl (C=O) groups is 2. The molecule has 2 aromatic rings. The van der Waals surface area contributed by atoms with Crippen LogP contribution in [0.15, 0.2) is 36.4 Å². The molecule has 0 radical (unpaired) electrons. The molecule has 0 aliphatic heterocycles. The topological polar surface area (TPSA) is 55.4 Å². The molecule has 5 heteroatoms. The highest BCUT2D eigenvalue weighted by molar-refractivity contribution is 7.17. The minimum atomic E-state index is -0.328. The number of amides is 1. The molecule has 0 saturated heterocycles.